The zero-order valence-corrected chi connectivity index (χ0v) is 18.8. The van der Waals surface area contributed by atoms with Crippen LogP contribution in [0.25, 0.3) is 0 Å². The lowest BCUT2D eigenvalue weighted by atomic mass is 9.98. The fourth-order valence-electron chi connectivity index (χ4n) is 5.46. The zero-order chi connectivity index (χ0) is 21.9. The first-order chi connectivity index (χ1) is 15.7. The number of hydrogen-bond donors (Lipinski definition) is 1. The Balaban J connectivity index is 1.43. The van der Waals surface area contributed by atoms with Crippen molar-refractivity contribution >= 4 is 23.2 Å². The highest BCUT2D eigenvalue weighted by atomic mass is 16.2. The Hall–Kier alpha value is -2.82. The van der Waals surface area contributed by atoms with Crippen molar-refractivity contribution < 1.29 is 9.59 Å². The summed E-state index contributed by atoms with van der Waals surface area (Å²) < 4.78 is 0. The van der Waals surface area contributed by atoms with Gasteiger partial charge in [0.1, 0.15) is 0 Å². The van der Waals surface area contributed by atoms with Crippen LogP contribution in [0.1, 0.15) is 66.4 Å². The number of nitrogens with one attached hydrogen (secondary N) is 1. The number of piperidine rings is 1. The van der Waals surface area contributed by atoms with Crippen molar-refractivity contribution in [3.8, 4) is 0 Å². The minimum absolute atomic E-state index is 0.0931. The Labute approximate surface area is 190 Å². The van der Waals surface area contributed by atoms with E-state index in [0.29, 0.717) is 0 Å². The summed E-state index contributed by atoms with van der Waals surface area (Å²) in [5.74, 6) is 0.295. The standard InChI is InChI=1S/C27H33N3O2/c31-26(21-9-3-4-10-21)28-23-12-13-25(24(18-23)27(32)29-15-6-1-7-16-29)30-17-14-20-8-2-5-11-22(20)19-30/h2,5,8,11-13,18,21H,1,3-4,6-7,9-10,14-17,19H2,(H,28,31). The molecule has 5 nitrogen and oxygen atoms in total. The van der Waals surface area contributed by atoms with Crippen molar-refractivity contribution in [2.75, 3.05) is 29.9 Å². The van der Waals surface area contributed by atoms with Gasteiger partial charge in [-0.3, -0.25) is 9.59 Å². The van der Waals surface area contributed by atoms with E-state index < -0.39 is 0 Å². The lowest BCUT2D eigenvalue weighted by molar-refractivity contribution is -0.119. The van der Waals surface area contributed by atoms with Crippen LogP contribution >= 0.6 is 0 Å². The zero-order valence-electron chi connectivity index (χ0n) is 18.8. The number of hydrogen-bond acceptors (Lipinski definition) is 3. The Morgan fingerprint density at radius 1 is 0.844 bits per heavy atom. The molecule has 1 saturated carbocycles. The molecule has 1 aliphatic carbocycles. The second kappa shape index (κ2) is 9.35. The first-order valence-electron chi connectivity index (χ1n) is 12.2. The number of carbonyl (C=O) groups is 2. The highest BCUT2D eigenvalue weighted by Crippen LogP contribution is 2.32. The molecule has 0 spiro atoms. The molecule has 0 aromatic heterocycles. The number of likely N-dealkylation sites (tertiary alicyclic amines) is 1. The summed E-state index contributed by atoms with van der Waals surface area (Å²) in [6.07, 6.45) is 8.50. The fraction of sp³-hybridized carbons (Fsp3) is 0.481. The van der Waals surface area contributed by atoms with Gasteiger partial charge in [0, 0.05) is 43.5 Å². The van der Waals surface area contributed by atoms with Crippen LogP contribution in [0.2, 0.25) is 0 Å². The molecule has 5 rings (SSSR count). The summed E-state index contributed by atoms with van der Waals surface area (Å²) in [4.78, 5) is 30.6. The third-order valence-electron chi connectivity index (χ3n) is 7.34. The third-order valence-corrected chi connectivity index (χ3v) is 7.34. The molecule has 0 atom stereocenters. The fourth-order valence-corrected chi connectivity index (χ4v) is 5.46. The summed E-state index contributed by atoms with van der Waals surface area (Å²) >= 11 is 0. The van der Waals surface area contributed by atoms with Gasteiger partial charge in [0.2, 0.25) is 5.91 Å². The molecule has 2 heterocycles. The van der Waals surface area contributed by atoms with Crippen LogP contribution in [0, 0.1) is 5.92 Å². The molecule has 168 valence electrons. The number of fused-ring (bicyclic) bond motifs is 1. The molecule has 2 amide bonds. The molecule has 32 heavy (non-hydrogen) atoms. The van der Waals surface area contributed by atoms with Crippen molar-refractivity contribution in [1.82, 2.24) is 4.90 Å². The Morgan fingerprint density at radius 2 is 1.59 bits per heavy atom. The van der Waals surface area contributed by atoms with Crippen LogP contribution in [0.15, 0.2) is 42.5 Å². The summed E-state index contributed by atoms with van der Waals surface area (Å²) in [7, 11) is 0. The van der Waals surface area contributed by atoms with Gasteiger partial charge in [-0.05, 0) is 67.9 Å². The van der Waals surface area contributed by atoms with Crippen LogP contribution in [0.4, 0.5) is 11.4 Å². The molecule has 0 unspecified atom stereocenters. The molecule has 0 radical (unpaired) electrons. The Bertz CT molecular complexity index is 990. The second-order valence-electron chi connectivity index (χ2n) is 9.50. The first-order valence-corrected chi connectivity index (χ1v) is 12.2. The minimum Gasteiger partial charge on any atom is -0.366 e. The maximum atomic E-state index is 13.6. The summed E-state index contributed by atoms with van der Waals surface area (Å²) in [6, 6.07) is 14.5. The van der Waals surface area contributed by atoms with Gasteiger partial charge in [-0.25, -0.2) is 0 Å². The van der Waals surface area contributed by atoms with Gasteiger partial charge in [-0.15, -0.1) is 0 Å². The maximum absolute atomic E-state index is 13.6. The molecular formula is C27H33N3O2. The van der Waals surface area contributed by atoms with Gasteiger partial charge in [-0.2, -0.15) is 0 Å². The second-order valence-corrected chi connectivity index (χ2v) is 9.50. The van der Waals surface area contributed by atoms with E-state index in [1.165, 1.54) is 17.5 Å². The Morgan fingerprint density at radius 3 is 2.38 bits per heavy atom. The largest absolute Gasteiger partial charge is 0.366 e. The SMILES string of the molecule is O=C(Nc1ccc(N2CCc3ccccc3C2)c(C(=O)N2CCCCC2)c1)C1CCCC1. The number of nitrogens with zero attached hydrogens (tertiary/aromatic N) is 2. The number of rotatable bonds is 4. The van der Waals surface area contributed by atoms with Crippen LogP contribution < -0.4 is 10.2 Å². The molecule has 1 N–H and O–H groups in total. The van der Waals surface area contributed by atoms with Crippen LogP contribution in [0.3, 0.4) is 0 Å². The van der Waals surface area contributed by atoms with Crippen molar-refractivity contribution in [1.29, 1.82) is 0 Å². The van der Waals surface area contributed by atoms with Crippen molar-refractivity contribution in [3.63, 3.8) is 0 Å². The van der Waals surface area contributed by atoms with Gasteiger partial charge in [0.15, 0.2) is 0 Å². The number of benzene rings is 2. The van der Waals surface area contributed by atoms with Crippen LogP contribution in [-0.2, 0) is 17.8 Å². The van der Waals surface area contributed by atoms with Crippen molar-refractivity contribution in [2.24, 2.45) is 5.92 Å². The average Bonchev–Trinajstić information content (AvgIpc) is 3.39. The summed E-state index contributed by atoms with van der Waals surface area (Å²) in [5.41, 5.74) is 5.16. The van der Waals surface area contributed by atoms with Gasteiger partial charge in [0.25, 0.3) is 5.91 Å². The smallest absolute Gasteiger partial charge is 0.256 e. The van der Waals surface area contributed by atoms with E-state index in [1.807, 2.05) is 23.1 Å². The number of amides is 2. The molecule has 5 heteroatoms. The predicted octanol–water partition coefficient (Wildman–Crippen LogP) is 5.00. The topological polar surface area (TPSA) is 52.7 Å². The number of anilines is 2. The molecule has 0 bridgehead atoms. The summed E-state index contributed by atoms with van der Waals surface area (Å²) in [6.45, 7) is 3.34. The van der Waals surface area contributed by atoms with Crippen LogP contribution in [0.5, 0.6) is 0 Å². The van der Waals surface area contributed by atoms with E-state index in [-0.39, 0.29) is 17.7 Å². The van der Waals surface area contributed by atoms with Crippen molar-refractivity contribution in [3.05, 3.63) is 59.2 Å². The van der Waals surface area contributed by atoms with Gasteiger partial charge in [-0.1, -0.05) is 37.1 Å². The van der Waals surface area contributed by atoms with E-state index in [9.17, 15) is 9.59 Å². The minimum atomic E-state index is 0.0931. The highest BCUT2D eigenvalue weighted by molar-refractivity contribution is 6.02. The molecule has 2 aromatic carbocycles. The quantitative estimate of drug-likeness (QED) is 0.741. The van der Waals surface area contributed by atoms with E-state index in [4.69, 9.17) is 0 Å². The maximum Gasteiger partial charge on any atom is 0.256 e. The van der Waals surface area contributed by atoms with E-state index >= 15 is 0 Å². The highest BCUT2D eigenvalue weighted by Gasteiger charge is 2.27. The van der Waals surface area contributed by atoms with Crippen LogP contribution in [-0.4, -0.2) is 36.3 Å². The van der Waals surface area contributed by atoms with Crippen molar-refractivity contribution in [2.45, 2.75) is 57.9 Å². The normalized spacial score (nSPS) is 19.0. The number of carbonyl (C=O) groups excluding carboxylic acids is 2. The van der Waals surface area contributed by atoms with E-state index in [2.05, 4.69) is 34.5 Å². The lowest BCUT2D eigenvalue weighted by Gasteiger charge is -2.34. The van der Waals surface area contributed by atoms with Gasteiger partial charge in [0.05, 0.1) is 5.56 Å². The Kier molecular flexibility index (Phi) is 6.15. The molecule has 2 fully saturated rings. The molecule has 2 aromatic rings. The average molecular weight is 432 g/mol. The van der Waals surface area contributed by atoms with Gasteiger partial charge < -0.3 is 15.1 Å². The lowest BCUT2D eigenvalue weighted by Crippen LogP contribution is -2.38. The predicted molar refractivity (Wildman–Crippen MR) is 128 cm³/mol. The van der Waals surface area contributed by atoms with E-state index in [0.717, 1.165) is 88.1 Å². The first kappa shape index (κ1) is 21.0. The molecule has 3 aliphatic rings. The summed E-state index contributed by atoms with van der Waals surface area (Å²) in [5, 5.41) is 3.10. The molecular weight excluding hydrogens is 398 g/mol. The van der Waals surface area contributed by atoms with E-state index in [1.54, 1.807) is 0 Å². The molecule has 1 saturated heterocycles. The third kappa shape index (κ3) is 4.38. The molecule has 2 aliphatic heterocycles. The monoisotopic (exact) mass is 431 g/mol. The van der Waals surface area contributed by atoms with Gasteiger partial charge >= 0.3 is 0 Å².